The van der Waals surface area contributed by atoms with Crippen molar-refractivity contribution in [3.63, 3.8) is 0 Å². The Kier molecular flexibility index (Phi) is 5.61. The number of hydrogen-bond acceptors (Lipinski definition) is 4. The summed E-state index contributed by atoms with van der Waals surface area (Å²) in [6.45, 7) is 1.61. The lowest BCUT2D eigenvalue weighted by atomic mass is 10.3. The van der Waals surface area contributed by atoms with E-state index in [1.165, 1.54) is 0 Å². The van der Waals surface area contributed by atoms with Crippen LogP contribution in [-0.4, -0.2) is 48.2 Å². The summed E-state index contributed by atoms with van der Waals surface area (Å²) in [4.78, 5) is 13.7. The Bertz CT molecular complexity index is 339. The van der Waals surface area contributed by atoms with Gasteiger partial charge >= 0.3 is 0 Å². The second-order valence-electron chi connectivity index (χ2n) is 3.65. The summed E-state index contributed by atoms with van der Waals surface area (Å²) in [6, 6.07) is 3.44. The van der Waals surface area contributed by atoms with E-state index in [0.717, 1.165) is 16.7 Å². The topological polar surface area (TPSA) is 58.1 Å². The van der Waals surface area contributed by atoms with Gasteiger partial charge in [-0.1, -0.05) is 0 Å². The molecule has 0 aliphatic carbocycles. The van der Waals surface area contributed by atoms with Crippen LogP contribution in [0.2, 0.25) is 0 Å². The highest BCUT2D eigenvalue weighted by Crippen LogP contribution is 1.99. The zero-order valence-electron chi connectivity index (χ0n) is 9.40. The molecule has 0 aromatic carbocycles. The molecule has 0 radical (unpaired) electrons. The molecule has 1 N–H and O–H groups in total. The second kappa shape index (κ2) is 6.74. The molecule has 5 nitrogen and oxygen atoms in total. The summed E-state index contributed by atoms with van der Waals surface area (Å²) in [7, 11) is 4.01. The molecule has 1 rings (SSSR count). The van der Waals surface area contributed by atoms with Gasteiger partial charge in [0.15, 0.2) is 5.69 Å². The first-order chi connectivity index (χ1) is 7.59. The van der Waals surface area contributed by atoms with Crippen molar-refractivity contribution in [2.24, 2.45) is 0 Å². The van der Waals surface area contributed by atoms with Crippen LogP contribution in [0, 0.1) is 3.70 Å². The lowest BCUT2D eigenvalue weighted by Gasteiger charge is -2.09. The maximum atomic E-state index is 11.6. The third-order valence-corrected chi connectivity index (χ3v) is 2.51. The Hall–Kier alpha value is -0.760. The van der Waals surface area contributed by atoms with E-state index in [1.807, 2.05) is 14.1 Å². The number of aromatic nitrogens is 2. The lowest BCUT2D eigenvalue weighted by Crippen LogP contribution is -2.28. The number of carbonyl (C=O) groups is 1. The maximum Gasteiger partial charge on any atom is 0.271 e. The minimum absolute atomic E-state index is 0.164. The highest BCUT2D eigenvalue weighted by atomic mass is 124. The SMILES string of the molecule is CN(C)CCCNC(=O)c1ccc([124I])nn1. The van der Waals surface area contributed by atoms with E-state index in [2.05, 4.69) is 43.0 Å². The van der Waals surface area contributed by atoms with Crippen LogP contribution in [0.4, 0.5) is 0 Å². The first-order valence-electron chi connectivity index (χ1n) is 5.02. The summed E-state index contributed by atoms with van der Waals surface area (Å²) in [6.07, 6.45) is 0.927. The molecule has 0 saturated heterocycles. The highest BCUT2D eigenvalue weighted by Gasteiger charge is 2.06. The van der Waals surface area contributed by atoms with Crippen molar-refractivity contribution in [3.8, 4) is 0 Å². The van der Waals surface area contributed by atoms with Crippen molar-refractivity contribution in [2.75, 3.05) is 27.2 Å². The smallest absolute Gasteiger partial charge is 0.271 e. The molecule has 0 aliphatic heterocycles. The summed E-state index contributed by atoms with van der Waals surface area (Å²) in [5, 5.41) is 10.4. The molecule has 1 aromatic heterocycles. The van der Waals surface area contributed by atoms with Crippen LogP contribution in [0.3, 0.4) is 0 Å². The minimum atomic E-state index is -0.164. The first kappa shape index (κ1) is 13.3. The summed E-state index contributed by atoms with van der Waals surface area (Å²) < 4.78 is 0.779. The third kappa shape index (κ3) is 4.84. The average Bonchev–Trinajstić information content (AvgIpc) is 2.25. The molecular weight excluding hydrogens is 316 g/mol. The zero-order chi connectivity index (χ0) is 12.0. The number of nitrogens with one attached hydrogen (secondary N) is 1. The number of amides is 1. The van der Waals surface area contributed by atoms with E-state index >= 15 is 0 Å². The molecule has 1 amide bonds. The average molecular weight is 331 g/mol. The Morgan fingerprint density at radius 1 is 1.44 bits per heavy atom. The Labute approximate surface area is 109 Å². The number of carbonyl (C=O) groups excluding carboxylic acids is 1. The van der Waals surface area contributed by atoms with Crippen molar-refractivity contribution < 1.29 is 4.79 Å². The predicted octanol–water partition coefficient (Wildman–Crippen LogP) is 0.763. The summed E-state index contributed by atoms with van der Waals surface area (Å²) in [5.41, 5.74) is 0.366. The Morgan fingerprint density at radius 3 is 2.75 bits per heavy atom. The molecule has 0 atom stereocenters. The molecule has 6 heteroatoms. The molecule has 1 heterocycles. The maximum absolute atomic E-state index is 11.6. The van der Waals surface area contributed by atoms with Gasteiger partial charge in [0.2, 0.25) is 0 Å². The fourth-order valence-electron chi connectivity index (χ4n) is 1.12. The minimum Gasteiger partial charge on any atom is -0.351 e. The van der Waals surface area contributed by atoms with Crippen LogP contribution in [-0.2, 0) is 0 Å². The number of nitrogens with zero attached hydrogens (tertiary/aromatic N) is 3. The Morgan fingerprint density at radius 2 is 2.19 bits per heavy atom. The van der Waals surface area contributed by atoms with Crippen LogP contribution in [0.5, 0.6) is 0 Å². The van der Waals surface area contributed by atoms with Gasteiger partial charge in [-0.25, -0.2) is 0 Å². The standard InChI is InChI=1S/C10H15IN4O/c1-15(2)7-3-6-12-10(16)8-4-5-9(11)14-13-8/h4-5H,3,6-7H2,1-2H3,(H,12,16)/i11-3. The van der Waals surface area contributed by atoms with E-state index in [-0.39, 0.29) is 5.91 Å². The zero-order valence-corrected chi connectivity index (χ0v) is 11.6. The normalized spacial score (nSPS) is 10.5. The summed E-state index contributed by atoms with van der Waals surface area (Å²) >= 11 is 2.05. The molecule has 0 bridgehead atoms. The van der Waals surface area contributed by atoms with Gasteiger partial charge in [-0.2, -0.15) is 0 Å². The van der Waals surface area contributed by atoms with E-state index in [0.29, 0.717) is 12.2 Å². The number of hydrogen-bond donors (Lipinski definition) is 1. The van der Waals surface area contributed by atoms with Crippen LogP contribution in [0.15, 0.2) is 12.1 Å². The van der Waals surface area contributed by atoms with Crippen LogP contribution >= 0.6 is 22.6 Å². The van der Waals surface area contributed by atoms with Gasteiger partial charge in [0.05, 0.1) is 0 Å². The van der Waals surface area contributed by atoms with Gasteiger partial charge in [-0.05, 0) is 61.8 Å². The van der Waals surface area contributed by atoms with Crippen LogP contribution < -0.4 is 5.32 Å². The van der Waals surface area contributed by atoms with E-state index in [9.17, 15) is 4.79 Å². The monoisotopic (exact) mass is 331 g/mol. The Balaban J connectivity index is 2.32. The quantitative estimate of drug-likeness (QED) is 0.639. The number of rotatable bonds is 5. The van der Waals surface area contributed by atoms with Crippen molar-refractivity contribution >= 4 is 28.5 Å². The van der Waals surface area contributed by atoms with Crippen molar-refractivity contribution in [1.29, 1.82) is 0 Å². The van der Waals surface area contributed by atoms with Crippen LogP contribution in [0.1, 0.15) is 16.9 Å². The second-order valence-corrected chi connectivity index (χ2v) is 4.76. The lowest BCUT2D eigenvalue weighted by molar-refractivity contribution is 0.0946. The molecule has 16 heavy (non-hydrogen) atoms. The van der Waals surface area contributed by atoms with Crippen LogP contribution in [0.25, 0.3) is 0 Å². The van der Waals surface area contributed by atoms with Gasteiger partial charge in [0.25, 0.3) is 5.91 Å². The van der Waals surface area contributed by atoms with Gasteiger partial charge in [-0.15, -0.1) is 10.2 Å². The van der Waals surface area contributed by atoms with Crippen molar-refractivity contribution in [1.82, 2.24) is 20.4 Å². The predicted molar refractivity (Wildman–Crippen MR) is 70.3 cm³/mol. The molecule has 0 spiro atoms. The fraction of sp³-hybridized carbons (Fsp3) is 0.500. The van der Waals surface area contributed by atoms with E-state index < -0.39 is 0 Å². The van der Waals surface area contributed by atoms with Gasteiger partial charge in [0, 0.05) is 6.54 Å². The van der Waals surface area contributed by atoms with Gasteiger partial charge in [0.1, 0.15) is 3.70 Å². The molecule has 88 valence electrons. The van der Waals surface area contributed by atoms with Gasteiger partial charge in [-0.3, -0.25) is 4.79 Å². The largest absolute Gasteiger partial charge is 0.351 e. The molecule has 0 unspecified atom stereocenters. The van der Waals surface area contributed by atoms with E-state index in [1.54, 1.807) is 12.1 Å². The van der Waals surface area contributed by atoms with Crippen molar-refractivity contribution in [3.05, 3.63) is 21.5 Å². The molecule has 0 saturated carbocycles. The fourth-order valence-corrected chi connectivity index (χ4v) is 1.41. The number of halogens is 1. The van der Waals surface area contributed by atoms with Crippen molar-refractivity contribution in [2.45, 2.75) is 6.42 Å². The first-order valence-corrected chi connectivity index (χ1v) is 6.09. The highest BCUT2D eigenvalue weighted by molar-refractivity contribution is 14.1. The van der Waals surface area contributed by atoms with Gasteiger partial charge < -0.3 is 10.2 Å². The molecule has 0 aliphatic rings. The summed E-state index contributed by atoms with van der Waals surface area (Å²) in [5.74, 6) is -0.164. The third-order valence-electron chi connectivity index (χ3n) is 1.93. The molecular formula is C10H15IN4O. The molecule has 0 fully saturated rings. The molecule has 1 aromatic rings. The van der Waals surface area contributed by atoms with E-state index in [4.69, 9.17) is 0 Å².